The molecule has 0 saturated carbocycles. The highest BCUT2D eigenvalue weighted by molar-refractivity contribution is 7.22. The smallest absolute Gasteiger partial charge is 0.308 e. The number of carbonyl (C=O) groups is 1. The molecule has 0 bridgehead atoms. The number of carbonyl (C=O) groups excluding carboxylic acids is 1. The Balaban J connectivity index is 1.79. The molecule has 0 saturated heterocycles. The van der Waals surface area contributed by atoms with E-state index in [0.717, 1.165) is 27.0 Å². The topological polar surface area (TPSA) is 54.0 Å². The molecule has 2 aromatic carbocycles. The highest BCUT2D eigenvalue weighted by atomic mass is 32.1. The summed E-state index contributed by atoms with van der Waals surface area (Å²) in [4.78, 5) is 16.6. The van der Waals surface area contributed by atoms with Crippen molar-refractivity contribution in [2.24, 2.45) is 0 Å². The Morgan fingerprint density at radius 2 is 1.82 bits per heavy atom. The van der Waals surface area contributed by atoms with Crippen molar-refractivity contribution in [3.8, 4) is 0 Å². The van der Waals surface area contributed by atoms with Crippen molar-refractivity contribution in [1.82, 2.24) is 4.98 Å². The number of nitrogens with one attached hydrogen (secondary N) is 2. The van der Waals surface area contributed by atoms with Crippen LogP contribution in [-0.2, 0) is 0 Å². The maximum absolute atomic E-state index is 12.1. The number of urea groups is 1. The molecule has 22 heavy (non-hydrogen) atoms. The average molecular weight is 311 g/mol. The molecule has 0 atom stereocenters. The molecule has 0 unspecified atom stereocenters. The van der Waals surface area contributed by atoms with Gasteiger partial charge in [-0.05, 0) is 49.6 Å². The van der Waals surface area contributed by atoms with Crippen LogP contribution in [0.25, 0.3) is 10.2 Å². The minimum Gasteiger partial charge on any atom is -0.308 e. The fourth-order valence-electron chi connectivity index (χ4n) is 2.30. The average Bonchev–Trinajstić information content (AvgIpc) is 2.88. The number of nitrogens with zero attached hydrogens (tertiary/aromatic N) is 1. The highest BCUT2D eigenvalue weighted by Crippen LogP contribution is 2.30. The number of thiazole rings is 1. The van der Waals surface area contributed by atoms with Crippen LogP contribution in [0.5, 0.6) is 0 Å². The third-order valence-electron chi connectivity index (χ3n) is 3.44. The molecule has 0 fully saturated rings. The van der Waals surface area contributed by atoms with Crippen molar-refractivity contribution in [3.63, 3.8) is 0 Å². The summed E-state index contributed by atoms with van der Waals surface area (Å²) in [6.45, 7) is 6.07. The minimum absolute atomic E-state index is 0.278. The lowest BCUT2D eigenvalue weighted by molar-refractivity contribution is 0.262. The second-order valence-corrected chi connectivity index (χ2v) is 6.34. The molecule has 1 aromatic heterocycles. The van der Waals surface area contributed by atoms with E-state index in [4.69, 9.17) is 0 Å². The lowest BCUT2D eigenvalue weighted by Gasteiger charge is -2.05. The van der Waals surface area contributed by atoms with Crippen molar-refractivity contribution in [2.45, 2.75) is 20.8 Å². The van der Waals surface area contributed by atoms with Crippen LogP contribution in [0, 0.1) is 20.8 Å². The van der Waals surface area contributed by atoms with Gasteiger partial charge in [-0.25, -0.2) is 9.78 Å². The van der Waals surface area contributed by atoms with Gasteiger partial charge < -0.3 is 5.32 Å². The van der Waals surface area contributed by atoms with E-state index >= 15 is 0 Å². The summed E-state index contributed by atoms with van der Waals surface area (Å²) in [5, 5.41) is 6.24. The van der Waals surface area contributed by atoms with Crippen LogP contribution >= 0.6 is 11.3 Å². The van der Waals surface area contributed by atoms with E-state index in [0.29, 0.717) is 5.13 Å². The Labute approximate surface area is 133 Å². The Hall–Kier alpha value is -2.40. The van der Waals surface area contributed by atoms with Gasteiger partial charge in [0.25, 0.3) is 0 Å². The first-order valence-electron chi connectivity index (χ1n) is 7.04. The van der Waals surface area contributed by atoms with Gasteiger partial charge in [-0.15, -0.1) is 0 Å². The summed E-state index contributed by atoms with van der Waals surface area (Å²) in [6.07, 6.45) is 0. The molecule has 2 amide bonds. The fraction of sp³-hybridized carbons (Fsp3) is 0.176. The number of fused-ring (bicyclic) bond motifs is 1. The molecule has 0 aliphatic heterocycles. The number of rotatable bonds is 2. The zero-order valence-electron chi connectivity index (χ0n) is 12.7. The number of aromatic nitrogens is 1. The molecule has 4 nitrogen and oxygen atoms in total. The molecule has 0 aliphatic carbocycles. The summed E-state index contributed by atoms with van der Waals surface area (Å²) < 4.78 is 1.12. The maximum Gasteiger partial charge on any atom is 0.325 e. The predicted octanol–water partition coefficient (Wildman–Crippen LogP) is 4.87. The molecular formula is C17H17N3OS. The van der Waals surface area contributed by atoms with Crippen molar-refractivity contribution >= 4 is 38.4 Å². The van der Waals surface area contributed by atoms with Crippen LogP contribution in [0.15, 0.2) is 36.4 Å². The Bertz CT molecular complexity index is 815. The predicted molar refractivity (Wildman–Crippen MR) is 92.9 cm³/mol. The largest absolute Gasteiger partial charge is 0.325 e. The first-order valence-corrected chi connectivity index (χ1v) is 7.86. The van der Waals surface area contributed by atoms with Gasteiger partial charge in [-0.3, -0.25) is 5.32 Å². The number of amides is 2. The summed E-state index contributed by atoms with van der Waals surface area (Å²) >= 11 is 1.50. The molecule has 112 valence electrons. The molecule has 1 heterocycles. The van der Waals surface area contributed by atoms with E-state index in [1.165, 1.54) is 16.9 Å². The van der Waals surface area contributed by atoms with Crippen LogP contribution in [0.4, 0.5) is 15.6 Å². The second kappa shape index (κ2) is 5.77. The Morgan fingerprint density at radius 1 is 1.05 bits per heavy atom. The third-order valence-corrected chi connectivity index (χ3v) is 4.54. The van der Waals surface area contributed by atoms with Gasteiger partial charge in [0.15, 0.2) is 5.13 Å². The van der Waals surface area contributed by atoms with E-state index in [1.807, 2.05) is 44.2 Å². The molecule has 0 radical (unpaired) electrons. The van der Waals surface area contributed by atoms with E-state index in [-0.39, 0.29) is 6.03 Å². The number of benzene rings is 2. The van der Waals surface area contributed by atoms with E-state index in [9.17, 15) is 4.79 Å². The monoisotopic (exact) mass is 311 g/mol. The molecule has 5 heteroatoms. The second-order valence-electron chi connectivity index (χ2n) is 5.34. The fourth-order valence-corrected chi connectivity index (χ4v) is 3.30. The van der Waals surface area contributed by atoms with Gasteiger partial charge in [0.05, 0.1) is 10.2 Å². The zero-order chi connectivity index (χ0) is 15.7. The lowest BCUT2D eigenvalue weighted by Crippen LogP contribution is -2.19. The number of aryl methyl sites for hydroxylation is 3. The minimum atomic E-state index is -0.278. The first kappa shape index (κ1) is 14.5. The van der Waals surface area contributed by atoms with Gasteiger partial charge in [0.2, 0.25) is 0 Å². The van der Waals surface area contributed by atoms with Crippen LogP contribution in [0.1, 0.15) is 16.7 Å². The molecule has 0 aliphatic rings. The quantitative estimate of drug-likeness (QED) is 0.709. The molecular weight excluding hydrogens is 294 g/mol. The van der Waals surface area contributed by atoms with Gasteiger partial charge in [0.1, 0.15) is 0 Å². The zero-order valence-corrected chi connectivity index (χ0v) is 13.5. The molecule has 2 N–H and O–H groups in total. The Kier molecular flexibility index (Phi) is 3.81. The number of anilines is 2. The first-order chi connectivity index (χ1) is 10.5. The van der Waals surface area contributed by atoms with Gasteiger partial charge >= 0.3 is 6.03 Å². The van der Waals surface area contributed by atoms with Crippen LogP contribution in [0.2, 0.25) is 0 Å². The van der Waals surface area contributed by atoms with Gasteiger partial charge in [0, 0.05) is 5.69 Å². The van der Waals surface area contributed by atoms with E-state index in [2.05, 4.69) is 28.6 Å². The number of hydrogen-bond acceptors (Lipinski definition) is 3. The SMILES string of the molecule is Cc1cccc(NC(=O)Nc2nc3c(C)ccc(C)c3s2)c1. The van der Waals surface area contributed by atoms with E-state index < -0.39 is 0 Å². The summed E-state index contributed by atoms with van der Waals surface area (Å²) in [5.74, 6) is 0. The summed E-state index contributed by atoms with van der Waals surface area (Å²) in [6, 6.07) is 11.5. The van der Waals surface area contributed by atoms with E-state index in [1.54, 1.807) is 0 Å². The highest BCUT2D eigenvalue weighted by Gasteiger charge is 2.11. The van der Waals surface area contributed by atoms with Crippen LogP contribution in [-0.4, -0.2) is 11.0 Å². The van der Waals surface area contributed by atoms with Gasteiger partial charge in [-0.1, -0.05) is 35.6 Å². The standard InChI is InChI=1S/C17H17N3OS/c1-10-5-4-6-13(9-10)18-16(21)20-17-19-14-11(2)7-8-12(3)15(14)22-17/h4-9H,1-3H3,(H2,18,19,20,21). The van der Waals surface area contributed by atoms with Crippen LogP contribution in [0.3, 0.4) is 0 Å². The third kappa shape index (κ3) is 2.94. The molecule has 0 spiro atoms. The molecule has 3 aromatic rings. The summed E-state index contributed by atoms with van der Waals surface area (Å²) in [5.41, 5.74) is 5.11. The normalized spacial score (nSPS) is 10.7. The van der Waals surface area contributed by atoms with Crippen molar-refractivity contribution < 1.29 is 4.79 Å². The Morgan fingerprint density at radius 3 is 2.55 bits per heavy atom. The van der Waals surface area contributed by atoms with Crippen molar-refractivity contribution in [2.75, 3.05) is 10.6 Å². The lowest BCUT2D eigenvalue weighted by atomic mass is 10.1. The van der Waals surface area contributed by atoms with Crippen molar-refractivity contribution in [3.05, 3.63) is 53.1 Å². The van der Waals surface area contributed by atoms with Gasteiger partial charge in [-0.2, -0.15) is 0 Å². The maximum atomic E-state index is 12.1. The summed E-state index contributed by atoms with van der Waals surface area (Å²) in [7, 11) is 0. The van der Waals surface area contributed by atoms with Crippen LogP contribution < -0.4 is 10.6 Å². The van der Waals surface area contributed by atoms with Crippen molar-refractivity contribution in [1.29, 1.82) is 0 Å². The number of hydrogen-bond donors (Lipinski definition) is 2. The molecule has 3 rings (SSSR count).